The molecule has 4 atom stereocenters. The molecule has 1 aliphatic carbocycles. The Morgan fingerprint density at radius 3 is 2.33 bits per heavy atom. The highest BCUT2D eigenvalue weighted by atomic mass is 15.2. The maximum atomic E-state index is 3.72. The van der Waals surface area contributed by atoms with Crippen LogP contribution in [-0.4, -0.2) is 36.1 Å². The molecule has 4 unspecified atom stereocenters. The number of nitrogens with zero attached hydrogens (tertiary/aromatic N) is 1. The second-order valence-corrected chi connectivity index (χ2v) is 8.13. The lowest BCUT2D eigenvalue weighted by Gasteiger charge is -2.49. The molecule has 2 heterocycles. The van der Waals surface area contributed by atoms with Crippen molar-refractivity contribution in [3.8, 4) is 0 Å². The molecule has 0 radical (unpaired) electrons. The van der Waals surface area contributed by atoms with Gasteiger partial charge >= 0.3 is 0 Å². The monoisotopic (exact) mass is 292 g/mol. The largest absolute Gasteiger partial charge is 0.314 e. The van der Waals surface area contributed by atoms with Gasteiger partial charge in [-0.3, -0.25) is 4.90 Å². The lowest BCUT2D eigenvalue weighted by molar-refractivity contribution is 0.0185. The molecule has 1 N–H and O–H groups in total. The van der Waals surface area contributed by atoms with Gasteiger partial charge in [0.05, 0.1) is 0 Å². The highest BCUT2D eigenvalue weighted by Crippen LogP contribution is 2.36. The van der Waals surface area contributed by atoms with E-state index in [0.717, 1.165) is 36.5 Å². The Balaban J connectivity index is 1.50. The fraction of sp³-hybridized carbons (Fsp3) is 1.00. The first-order valence-corrected chi connectivity index (χ1v) is 9.75. The van der Waals surface area contributed by atoms with Crippen LogP contribution in [0.3, 0.4) is 0 Å². The molecule has 3 aliphatic rings. The van der Waals surface area contributed by atoms with Crippen LogP contribution in [0.1, 0.15) is 78.1 Å². The van der Waals surface area contributed by atoms with Gasteiger partial charge in [-0.1, -0.05) is 39.5 Å². The van der Waals surface area contributed by atoms with E-state index >= 15 is 0 Å². The predicted octanol–water partition coefficient (Wildman–Crippen LogP) is 4.20. The van der Waals surface area contributed by atoms with Crippen molar-refractivity contribution in [2.24, 2.45) is 11.8 Å². The average molecular weight is 293 g/mol. The summed E-state index contributed by atoms with van der Waals surface area (Å²) in [4.78, 5) is 2.93. The van der Waals surface area contributed by atoms with Gasteiger partial charge in [-0.15, -0.1) is 0 Å². The Labute approximate surface area is 132 Å². The van der Waals surface area contributed by atoms with Crippen LogP contribution in [0.4, 0.5) is 0 Å². The number of hydrogen-bond donors (Lipinski definition) is 1. The van der Waals surface area contributed by atoms with E-state index in [1.165, 1.54) is 70.8 Å². The average Bonchev–Trinajstić information content (AvgIpc) is 2.45. The molecule has 2 bridgehead atoms. The first-order valence-electron chi connectivity index (χ1n) is 9.75. The van der Waals surface area contributed by atoms with E-state index in [1.807, 2.05) is 0 Å². The zero-order valence-corrected chi connectivity index (χ0v) is 14.3. The van der Waals surface area contributed by atoms with Crippen LogP contribution in [0.25, 0.3) is 0 Å². The normalized spacial score (nSPS) is 41.1. The Hall–Kier alpha value is -0.0800. The molecule has 1 saturated carbocycles. The molecule has 2 aliphatic heterocycles. The standard InChI is InChI=1S/C19H36N2/c1-3-20-17-13-18-8-5-9-19(14-17)21(18)11-10-16-7-4-6-15(2)12-16/h15-20H,3-14H2,1-2H3. The number of rotatable bonds is 5. The van der Waals surface area contributed by atoms with Crippen molar-refractivity contribution in [2.75, 3.05) is 13.1 Å². The van der Waals surface area contributed by atoms with Crippen molar-refractivity contribution >= 4 is 0 Å². The molecule has 3 fully saturated rings. The van der Waals surface area contributed by atoms with Gasteiger partial charge in [-0.05, 0) is 63.5 Å². The van der Waals surface area contributed by atoms with E-state index in [0.29, 0.717) is 0 Å². The third-order valence-electron chi connectivity index (χ3n) is 6.46. The summed E-state index contributed by atoms with van der Waals surface area (Å²) in [7, 11) is 0. The highest BCUT2D eigenvalue weighted by Gasteiger charge is 2.37. The molecule has 21 heavy (non-hydrogen) atoms. The Bertz CT molecular complexity index is 303. The van der Waals surface area contributed by atoms with Gasteiger partial charge in [0.25, 0.3) is 0 Å². The van der Waals surface area contributed by atoms with Crippen LogP contribution >= 0.6 is 0 Å². The van der Waals surface area contributed by atoms with Crippen LogP contribution < -0.4 is 5.32 Å². The molecular formula is C19H36N2. The lowest BCUT2D eigenvalue weighted by Crippen LogP contribution is -2.56. The maximum Gasteiger partial charge on any atom is 0.0113 e. The van der Waals surface area contributed by atoms with E-state index in [1.54, 1.807) is 0 Å². The van der Waals surface area contributed by atoms with Gasteiger partial charge in [0.1, 0.15) is 0 Å². The van der Waals surface area contributed by atoms with Gasteiger partial charge in [0.2, 0.25) is 0 Å². The Morgan fingerprint density at radius 2 is 1.67 bits per heavy atom. The minimum Gasteiger partial charge on any atom is -0.314 e. The smallest absolute Gasteiger partial charge is 0.0113 e. The first-order chi connectivity index (χ1) is 10.3. The first kappa shape index (κ1) is 15.8. The summed E-state index contributed by atoms with van der Waals surface area (Å²) in [6, 6.07) is 2.58. The minimum atomic E-state index is 0.802. The summed E-state index contributed by atoms with van der Waals surface area (Å²) in [5, 5.41) is 3.72. The predicted molar refractivity (Wildman–Crippen MR) is 90.6 cm³/mol. The van der Waals surface area contributed by atoms with E-state index < -0.39 is 0 Å². The van der Waals surface area contributed by atoms with Crippen LogP contribution in [-0.2, 0) is 0 Å². The lowest BCUT2D eigenvalue weighted by atomic mass is 9.79. The molecule has 2 heteroatoms. The van der Waals surface area contributed by atoms with Gasteiger partial charge in [0.15, 0.2) is 0 Å². The van der Waals surface area contributed by atoms with Crippen molar-refractivity contribution in [1.82, 2.24) is 10.2 Å². The van der Waals surface area contributed by atoms with Crippen molar-refractivity contribution in [3.63, 3.8) is 0 Å². The molecule has 3 rings (SSSR count). The molecule has 2 nitrogen and oxygen atoms in total. The Kier molecular flexibility index (Phi) is 5.61. The van der Waals surface area contributed by atoms with Crippen molar-refractivity contribution in [2.45, 2.75) is 96.2 Å². The number of piperidine rings is 2. The second kappa shape index (κ2) is 7.46. The molecule has 0 aromatic carbocycles. The summed E-state index contributed by atoms with van der Waals surface area (Å²) in [6.45, 7) is 7.25. The number of fused-ring (bicyclic) bond motifs is 2. The summed E-state index contributed by atoms with van der Waals surface area (Å²) < 4.78 is 0. The summed E-state index contributed by atoms with van der Waals surface area (Å²) in [5.74, 6) is 2.02. The molecular weight excluding hydrogens is 256 g/mol. The van der Waals surface area contributed by atoms with Crippen LogP contribution in [0.15, 0.2) is 0 Å². The van der Waals surface area contributed by atoms with Crippen LogP contribution in [0.2, 0.25) is 0 Å². The van der Waals surface area contributed by atoms with E-state index in [9.17, 15) is 0 Å². The molecule has 0 aromatic rings. The maximum absolute atomic E-state index is 3.72. The molecule has 0 amide bonds. The summed E-state index contributed by atoms with van der Waals surface area (Å²) in [6.07, 6.45) is 14.7. The Morgan fingerprint density at radius 1 is 0.952 bits per heavy atom. The molecule has 0 aromatic heterocycles. The third kappa shape index (κ3) is 4.01. The SMILES string of the molecule is CCNC1CC2CCCC(C1)N2CCC1CCCC(C)C1. The van der Waals surface area contributed by atoms with Gasteiger partial charge in [-0.2, -0.15) is 0 Å². The quantitative estimate of drug-likeness (QED) is 0.817. The summed E-state index contributed by atoms with van der Waals surface area (Å²) >= 11 is 0. The summed E-state index contributed by atoms with van der Waals surface area (Å²) in [5.41, 5.74) is 0. The zero-order valence-electron chi connectivity index (χ0n) is 14.3. The van der Waals surface area contributed by atoms with Gasteiger partial charge in [-0.25, -0.2) is 0 Å². The van der Waals surface area contributed by atoms with Crippen molar-refractivity contribution in [3.05, 3.63) is 0 Å². The van der Waals surface area contributed by atoms with Gasteiger partial charge in [0, 0.05) is 18.1 Å². The highest BCUT2D eigenvalue weighted by molar-refractivity contribution is 4.95. The zero-order chi connectivity index (χ0) is 14.7. The van der Waals surface area contributed by atoms with Crippen molar-refractivity contribution < 1.29 is 0 Å². The number of hydrogen-bond acceptors (Lipinski definition) is 2. The van der Waals surface area contributed by atoms with Crippen molar-refractivity contribution in [1.29, 1.82) is 0 Å². The number of nitrogens with one attached hydrogen (secondary N) is 1. The van der Waals surface area contributed by atoms with E-state index in [-0.39, 0.29) is 0 Å². The fourth-order valence-electron chi connectivity index (χ4n) is 5.45. The topological polar surface area (TPSA) is 15.3 Å². The van der Waals surface area contributed by atoms with Crippen LogP contribution in [0, 0.1) is 11.8 Å². The van der Waals surface area contributed by atoms with E-state index in [2.05, 4.69) is 24.1 Å². The fourth-order valence-corrected chi connectivity index (χ4v) is 5.45. The molecule has 2 saturated heterocycles. The van der Waals surface area contributed by atoms with E-state index in [4.69, 9.17) is 0 Å². The molecule has 0 spiro atoms. The van der Waals surface area contributed by atoms with Gasteiger partial charge < -0.3 is 5.32 Å². The second-order valence-electron chi connectivity index (χ2n) is 8.13. The molecule has 122 valence electrons. The van der Waals surface area contributed by atoms with Crippen LogP contribution in [0.5, 0.6) is 0 Å². The third-order valence-corrected chi connectivity index (χ3v) is 6.46. The minimum absolute atomic E-state index is 0.802.